The van der Waals surface area contributed by atoms with Crippen molar-refractivity contribution in [3.05, 3.63) is 11.6 Å². The summed E-state index contributed by atoms with van der Waals surface area (Å²) in [5.74, 6) is 0.177. The Labute approximate surface area is 317 Å². The number of carbonyl (C=O) groups excluding carboxylic acids is 1. The molecule has 21 atom stereocenters. The summed E-state index contributed by atoms with van der Waals surface area (Å²) in [6.45, 7) is 9.79. The predicted octanol–water partition coefficient (Wildman–Crippen LogP) is 0.364. The van der Waals surface area contributed by atoms with Gasteiger partial charge in [0.1, 0.15) is 42.7 Å². The quantitative estimate of drug-likeness (QED) is 0.101. The van der Waals surface area contributed by atoms with Gasteiger partial charge >= 0.3 is 5.97 Å². The molecule has 6 fully saturated rings. The largest absolute Gasteiger partial charge is 0.432 e. The van der Waals surface area contributed by atoms with Gasteiger partial charge in [-0.3, -0.25) is 4.79 Å². The second-order valence-electron chi connectivity index (χ2n) is 19.0. The van der Waals surface area contributed by atoms with Crippen LogP contribution in [-0.4, -0.2) is 139 Å². The molecular weight excluding hydrogens is 704 g/mol. The number of carbonyl (C=O) groups is 1. The smallest absolute Gasteiger partial charge is 0.315 e. The number of fused-ring (bicyclic) bond motifs is 7. The van der Waals surface area contributed by atoms with Crippen molar-refractivity contribution < 1.29 is 69.7 Å². The third-order valence-electron chi connectivity index (χ3n) is 16.5. The maximum absolute atomic E-state index is 14.5. The maximum Gasteiger partial charge on any atom is 0.315 e. The number of aliphatic hydroxyl groups is 9. The Hall–Kier alpha value is -1.27. The fraction of sp³-hybridized carbons (Fsp3) is 0.925. The summed E-state index contributed by atoms with van der Waals surface area (Å²) in [5, 5.41) is 95.1. The Morgan fingerprint density at radius 1 is 0.833 bits per heavy atom. The number of ether oxygens (including phenoxy) is 4. The van der Waals surface area contributed by atoms with Crippen molar-refractivity contribution in [3.8, 4) is 0 Å². The topological polar surface area (TPSA) is 236 Å². The fourth-order valence-electron chi connectivity index (χ4n) is 13.2. The number of allylic oxidation sites excluding steroid dienone is 2. The molecule has 0 radical (unpaired) electrons. The number of hydrogen-bond acceptors (Lipinski definition) is 14. The fourth-order valence-corrected chi connectivity index (χ4v) is 13.2. The highest BCUT2D eigenvalue weighted by atomic mass is 16.7. The number of esters is 1. The van der Waals surface area contributed by atoms with Gasteiger partial charge in [-0.1, -0.05) is 46.3 Å². The highest BCUT2D eigenvalue weighted by Gasteiger charge is 2.68. The van der Waals surface area contributed by atoms with Crippen molar-refractivity contribution in [3.63, 3.8) is 0 Å². The Bertz CT molecular complexity index is 1430. The summed E-state index contributed by atoms with van der Waals surface area (Å²) in [4.78, 5) is 14.5. The second-order valence-corrected chi connectivity index (χ2v) is 19.0. The van der Waals surface area contributed by atoms with Gasteiger partial charge in [0, 0.05) is 5.41 Å². The molecule has 7 aliphatic rings. The van der Waals surface area contributed by atoms with Crippen LogP contribution in [0.25, 0.3) is 0 Å². The first kappa shape index (κ1) is 40.9. The third-order valence-corrected chi connectivity index (χ3v) is 16.5. The van der Waals surface area contributed by atoms with E-state index in [-0.39, 0.29) is 48.2 Å². The molecule has 5 aliphatic carbocycles. The molecule has 14 heteroatoms. The molecule has 0 aromatic rings. The third kappa shape index (κ3) is 5.99. The van der Waals surface area contributed by atoms with Crippen LogP contribution >= 0.6 is 0 Å². The van der Waals surface area contributed by atoms with Gasteiger partial charge in [-0.15, -0.1) is 0 Å². The van der Waals surface area contributed by atoms with Gasteiger partial charge in [0.05, 0.1) is 37.4 Å². The lowest BCUT2D eigenvalue weighted by Crippen LogP contribution is -2.67. The first-order valence-corrected chi connectivity index (χ1v) is 20.2. The SMILES string of the molecule is C[C@@H]1CC[C@]2(C(=O)O[C@@H]3O[C@H](CO)[C@@H](O)[C@H](O)[C@H]3O)CC[C@]3(C)C(=CCC4C3CCC3[C@]4(C)CC(O)C(O[C@@H]4OC[C@H](O)[C@H](O)[C@H]4O)[C@@]3(C)CO)C2[C@H]1C. The Morgan fingerprint density at radius 2 is 1.54 bits per heavy atom. The molecule has 2 heterocycles. The molecule has 0 bridgehead atoms. The predicted molar refractivity (Wildman–Crippen MR) is 190 cm³/mol. The molecule has 2 saturated heterocycles. The van der Waals surface area contributed by atoms with E-state index in [1.54, 1.807) is 0 Å². The van der Waals surface area contributed by atoms with E-state index < -0.39 is 96.3 Å². The molecule has 9 N–H and O–H groups in total. The van der Waals surface area contributed by atoms with Crippen LogP contribution in [0.5, 0.6) is 0 Å². The van der Waals surface area contributed by atoms with E-state index >= 15 is 0 Å². The van der Waals surface area contributed by atoms with E-state index in [9.17, 15) is 50.8 Å². The average Bonchev–Trinajstić information content (AvgIpc) is 3.14. The van der Waals surface area contributed by atoms with Gasteiger partial charge in [0.15, 0.2) is 6.29 Å². The van der Waals surface area contributed by atoms with Crippen molar-refractivity contribution >= 4 is 5.97 Å². The van der Waals surface area contributed by atoms with Crippen LogP contribution in [0.1, 0.15) is 86.0 Å². The van der Waals surface area contributed by atoms with Gasteiger partial charge in [-0.05, 0) is 97.7 Å². The summed E-state index contributed by atoms with van der Waals surface area (Å²) in [5.41, 5.74) is -1.19. The van der Waals surface area contributed by atoms with Gasteiger partial charge in [0.25, 0.3) is 0 Å². The van der Waals surface area contributed by atoms with Crippen LogP contribution in [-0.2, 0) is 23.7 Å². The second kappa shape index (κ2) is 14.5. The van der Waals surface area contributed by atoms with Crippen molar-refractivity contribution in [1.82, 2.24) is 0 Å². The highest BCUT2D eigenvalue weighted by molar-refractivity contribution is 5.79. The van der Waals surface area contributed by atoms with Crippen LogP contribution in [0.15, 0.2) is 11.6 Å². The lowest BCUT2D eigenvalue weighted by atomic mass is 9.37. The molecule has 7 rings (SSSR count). The minimum Gasteiger partial charge on any atom is -0.432 e. The minimum absolute atomic E-state index is 0.0516. The minimum atomic E-state index is -1.68. The molecule has 0 aromatic heterocycles. The number of aliphatic hydroxyl groups excluding tert-OH is 9. The summed E-state index contributed by atoms with van der Waals surface area (Å²) in [6.07, 6.45) is -7.25. The van der Waals surface area contributed by atoms with Gasteiger partial charge < -0.3 is 64.9 Å². The Kier molecular flexibility index (Phi) is 11.0. The van der Waals surface area contributed by atoms with Crippen LogP contribution in [0, 0.1) is 57.2 Å². The monoisotopic (exact) mass is 768 g/mol. The molecule has 0 aromatic carbocycles. The zero-order chi connectivity index (χ0) is 39.3. The summed E-state index contributed by atoms with van der Waals surface area (Å²) < 4.78 is 23.4. The standard InChI is InChI=1S/C40H64O14/c1-18-10-11-40(36(50)54-35-32(49)30(47)29(46)25(15-41)52-35)13-12-37(3)20-8-9-26-38(4,21(20)6-7-22(37)27(40)19(18)2)14-23(43)33(39(26,5)17-42)53-34-31(48)28(45)24(44)16-51-34/h7,18-21,23-35,41-49H,6,8-17H2,1-5H3/t18-,19+,20?,21?,23?,24+,25-,26?,27?,28+,29-,30+,31-,32-,33?,34+,35+,37+,38-,39+,40+/m1/s1. The lowest BCUT2D eigenvalue weighted by molar-refractivity contribution is -0.325. The van der Waals surface area contributed by atoms with Crippen molar-refractivity contribution in [2.75, 3.05) is 19.8 Å². The van der Waals surface area contributed by atoms with E-state index in [1.165, 1.54) is 5.57 Å². The van der Waals surface area contributed by atoms with Crippen LogP contribution in [0.2, 0.25) is 0 Å². The van der Waals surface area contributed by atoms with Gasteiger partial charge in [0.2, 0.25) is 6.29 Å². The van der Waals surface area contributed by atoms with Crippen LogP contribution < -0.4 is 0 Å². The highest BCUT2D eigenvalue weighted by Crippen LogP contribution is 2.72. The van der Waals surface area contributed by atoms with E-state index in [4.69, 9.17) is 18.9 Å². The maximum atomic E-state index is 14.5. The van der Waals surface area contributed by atoms with E-state index in [2.05, 4.69) is 33.8 Å². The Morgan fingerprint density at radius 3 is 2.22 bits per heavy atom. The van der Waals surface area contributed by atoms with Crippen molar-refractivity contribution in [2.24, 2.45) is 57.2 Å². The zero-order valence-electron chi connectivity index (χ0n) is 32.2. The van der Waals surface area contributed by atoms with Crippen molar-refractivity contribution in [2.45, 2.75) is 154 Å². The first-order valence-electron chi connectivity index (χ1n) is 20.2. The number of rotatable bonds is 6. The summed E-state index contributed by atoms with van der Waals surface area (Å²) in [7, 11) is 0. The van der Waals surface area contributed by atoms with E-state index in [0.29, 0.717) is 25.2 Å². The molecule has 308 valence electrons. The van der Waals surface area contributed by atoms with Gasteiger partial charge in [-0.2, -0.15) is 0 Å². The molecule has 54 heavy (non-hydrogen) atoms. The number of hydrogen-bond donors (Lipinski definition) is 9. The molecule has 2 aliphatic heterocycles. The molecule has 0 amide bonds. The van der Waals surface area contributed by atoms with Crippen molar-refractivity contribution in [1.29, 1.82) is 0 Å². The molecule has 6 unspecified atom stereocenters. The average molecular weight is 769 g/mol. The van der Waals surface area contributed by atoms with Gasteiger partial charge in [-0.25, -0.2) is 0 Å². The molecular formula is C40H64O14. The summed E-state index contributed by atoms with van der Waals surface area (Å²) >= 11 is 0. The molecule has 0 spiro atoms. The Balaban J connectivity index is 1.17. The normalized spacial score (nSPS) is 56.0. The molecule has 4 saturated carbocycles. The van der Waals surface area contributed by atoms with Crippen LogP contribution in [0.4, 0.5) is 0 Å². The summed E-state index contributed by atoms with van der Waals surface area (Å²) in [6, 6.07) is 0. The van der Waals surface area contributed by atoms with Crippen LogP contribution in [0.3, 0.4) is 0 Å². The first-order chi connectivity index (χ1) is 25.4. The molecule has 14 nitrogen and oxygen atoms in total. The zero-order valence-corrected chi connectivity index (χ0v) is 32.2. The lowest BCUT2D eigenvalue weighted by Gasteiger charge is -2.68. The van der Waals surface area contributed by atoms with E-state index in [0.717, 1.165) is 32.1 Å². The van der Waals surface area contributed by atoms with E-state index in [1.807, 2.05) is 6.92 Å².